The van der Waals surface area contributed by atoms with Gasteiger partial charge in [-0.25, -0.2) is 0 Å². The first-order valence-electron chi connectivity index (χ1n) is 10.5. The number of rotatable bonds is 10. The average Bonchev–Trinajstić information content (AvgIpc) is 2.88. The molecule has 0 aliphatic carbocycles. The fourth-order valence-electron chi connectivity index (χ4n) is 3.24. The normalized spacial score (nSPS) is 10.2. The molecule has 34 heavy (non-hydrogen) atoms. The van der Waals surface area contributed by atoms with E-state index in [9.17, 15) is 14.4 Å². The maximum absolute atomic E-state index is 12.5. The summed E-state index contributed by atoms with van der Waals surface area (Å²) in [6, 6.07) is 18.6. The van der Waals surface area contributed by atoms with Gasteiger partial charge in [-0.3, -0.25) is 14.4 Å². The molecule has 0 spiro atoms. The Morgan fingerprint density at radius 2 is 1.26 bits per heavy atom. The van der Waals surface area contributed by atoms with Crippen LogP contribution in [-0.4, -0.2) is 38.9 Å². The van der Waals surface area contributed by atoms with E-state index in [0.29, 0.717) is 39.8 Å². The molecule has 0 bridgehead atoms. The predicted octanol–water partition coefficient (Wildman–Crippen LogP) is 4.57. The summed E-state index contributed by atoms with van der Waals surface area (Å²) in [6.45, 7) is 0. The molecule has 3 aromatic rings. The molecule has 2 N–H and O–H groups in total. The number of Topliss-reactive ketones (excluding diaryl/α,β-unsaturated/α-hetero) is 1. The molecule has 0 heterocycles. The number of anilines is 2. The summed E-state index contributed by atoms with van der Waals surface area (Å²) in [5.74, 6) is 0.506. The Morgan fingerprint density at radius 3 is 1.82 bits per heavy atom. The Morgan fingerprint density at radius 1 is 0.676 bits per heavy atom. The zero-order valence-corrected chi connectivity index (χ0v) is 19.2. The Balaban J connectivity index is 1.67. The summed E-state index contributed by atoms with van der Waals surface area (Å²) in [6.07, 6.45) is 0.0334. The van der Waals surface area contributed by atoms with Crippen LogP contribution in [0, 0.1) is 0 Å². The Hall–Kier alpha value is -4.33. The fraction of sp³-hybridized carbons (Fsp3) is 0.192. The van der Waals surface area contributed by atoms with Crippen molar-refractivity contribution in [2.24, 2.45) is 0 Å². The van der Waals surface area contributed by atoms with Crippen molar-refractivity contribution in [3.8, 4) is 17.2 Å². The molecule has 0 atom stereocenters. The van der Waals surface area contributed by atoms with Gasteiger partial charge in [0.2, 0.25) is 5.91 Å². The Kier molecular flexibility index (Phi) is 8.23. The lowest BCUT2D eigenvalue weighted by Gasteiger charge is -2.16. The van der Waals surface area contributed by atoms with Gasteiger partial charge in [0.25, 0.3) is 5.91 Å². The molecule has 0 aliphatic heterocycles. The average molecular weight is 463 g/mol. The number of carbonyl (C=O) groups excluding carboxylic acids is 3. The van der Waals surface area contributed by atoms with Crippen molar-refractivity contribution in [2.45, 2.75) is 12.8 Å². The molecule has 8 nitrogen and oxygen atoms in total. The quantitative estimate of drug-likeness (QED) is 0.428. The largest absolute Gasteiger partial charge is 0.497 e. The van der Waals surface area contributed by atoms with Crippen LogP contribution >= 0.6 is 0 Å². The molecule has 0 unspecified atom stereocenters. The van der Waals surface area contributed by atoms with Gasteiger partial charge in [0.15, 0.2) is 5.78 Å². The van der Waals surface area contributed by atoms with Crippen LogP contribution in [0.5, 0.6) is 17.2 Å². The first-order valence-corrected chi connectivity index (χ1v) is 10.5. The van der Waals surface area contributed by atoms with Crippen LogP contribution in [0.3, 0.4) is 0 Å². The minimum atomic E-state index is -0.358. The van der Waals surface area contributed by atoms with Crippen molar-refractivity contribution in [2.75, 3.05) is 32.0 Å². The second-order valence-electron chi connectivity index (χ2n) is 7.27. The third-order valence-electron chi connectivity index (χ3n) is 5.07. The number of hydrogen-bond acceptors (Lipinski definition) is 6. The van der Waals surface area contributed by atoms with Crippen LogP contribution in [0.2, 0.25) is 0 Å². The molecule has 0 saturated carbocycles. The summed E-state index contributed by atoms with van der Waals surface area (Å²) in [5, 5.41) is 5.53. The number of carbonyl (C=O) groups is 3. The van der Waals surface area contributed by atoms with Gasteiger partial charge in [-0.2, -0.15) is 0 Å². The maximum atomic E-state index is 12.5. The van der Waals surface area contributed by atoms with Crippen molar-refractivity contribution in [3.63, 3.8) is 0 Å². The van der Waals surface area contributed by atoms with E-state index in [0.717, 1.165) is 0 Å². The number of amides is 2. The van der Waals surface area contributed by atoms with E-state index in [4.69, 9.17) is 14.2 Å². The fourth-order valence-corrected chi connectivity index (χ4v) is 3.24. The van der Waals surface area contributed by atoms with Gasteiger partial charge in [-0.1, -0.05) is 18.2 Å². The maximum Gasteiger partial charge on any atom is 0.255 e. The van der Waals surface area contributed by atoms with Crippen molar-refractivity contribution in [1.82, 2.24) is 0 Å². The smallest absolute Gasteiger partial charge is 0.255 e. The van der Waals surface area contributed by atoms with E-state index in [1.165, 1.54) is 14.2 Å². The van der Waals surface area contributed by atoms with Crippen LogP contribution in [0.1, 0.15) is 33.6 Å². The molecule has 0 radical (unpaired) electrons. The summed E-state index contributed by atoms with van der Waals surface area (Å²) >= 11 is 0. The van der Waals surface area contributed by atoms with Gasteiger partial charge < -0.3 is 24.8 Å². The van der Waals surface area contributed by atoms with Crippen molar-refractivity contribution in [3.05, 3.63) is 77.9 Å². The van der Waals surface area contributed by atoms with Crippen LogP contribution in [0.25, 0.3) is 0 Å². The lowest BCUT2D eigenvalue weighted by atomic mass is 10.1. The SMILES string of the molecule is COc1ccc(C(=O)CCC(=O)Nc2cc(OC)c(NC(=O)c3ccccc3)cc2OC)cc1. The number of benzene rings is 3. The number of ether oxygens (including phenoxy) is 3. The standard InChI is InChI=1S/C26H26N2O6/c1-32-19-11-9-17(10-12-19)22(29)13-14-25(30)27-20-15-24(34-3)21(16-23(20)33-2)28-26(31)18-7-5-4-6-8-18/h4-12,15-16H,13-14H2,1-3H3,(H,27,30)(H,28,31). The molecule has 3 rings (SSSR count). The zero-order chi connectivity index (χ0) is 24.5. The Bertz CT molecular complexity index is 1160. The van der Waals surface area contributed by atoms with Crippen molar-refractivity contribution >= 4 is 29.0 Å². The number of nitrogens with one attached hydrogen (secondary N) is 2. The van der Waals surface area contributed by atoms with Crippen LogP contribution in [0.4, 0.5) is 11.4 Å². The van der Waals surface area contributed by atoms with Crippen LogP contribution in [-0.2, 0) is 4.79 Å². The van der Waals surface area contributed by atoms with Crippen molar-refractivity contribution in [1.29, 1.82) is 0 Å². The van der Waals surface area contributed by atoms with Crippen LogP contribution in [0.15, 0.2) is 66.7 Å². The summed E-state index contributed by atoms with van der Waals surface area (Å²) < 4.78 is 15.9. The first kappa shape index (κ1) is 24.3. The molecular formula is C26H26N2O6. The molecule has 176 valence electrons. The second-order valence-corrected chi connectivity index (χ2v) is 7.27. The van der Waals surface area contributed by atoms with Crippen molar-refractivity contribution < 1.29 is 28.6 Å². The van der Waals surface area contributed by atoms with Gasteiger partial charge in [-0.15, -0.1) is 0 Å². The zero-order valence-electron chi connectivity index (χ0n) is 19.2. The van der Waals surface area contributed by atoms with Gasteiger partial charge >= 0.3 is 0 Å². The second kappa shape index (κ2) is 11.5. The highest BCUT2D eigenvalue weighted by atomic mass is 16.5. The highest BCUT2D eigenvalue weighted by molar-refractivity contribution is 6.06. The molecule has 2 amide bonds. The summed E-state index contributed by atoms with van der Waals surface area (Å²) in [5.41, 5.74) is 1.74. The third-order valence-corrected chi connectivity index (χ3v) is 5.07. The highest BCUT2D eigenvalue weighted by Gasteiger charge is 2.17. The van der Waals surface area contributed by atoms with Gasteiger partial charge in [0.05, 0.1) is 32.7 Å². The number of methoxy groups -OCH3 is 3. The molecule has 0 saturated heterocycles. The summed E-state index contributed by atoms with van der Waals surface area (Å²) in [4.78, 5) is 37.4. The Labute approximate surface area is 197 Å². The molecule has 0 aromatic heterocycles. The first-order chi connectivity index (χ1) is 16.4. The molecular weight excluding hydrogens is 436 g/mol. The highest BCUT2D eigenvalue weighted by Crippen LogP contribution is 2.36. The third kappa shape index (κ3) is 6.13. The van der Waals surface area contributed by atoms with Gasteiger partial charge in [0.1, 0.15) is 17.2 Å². The molecule has 0 aliphatic rings. The predicted molar refractivity (Wildman–Crippen MR) is 129 cm³/mol. The van der Waals surface area contributed by atoms with E-state index in [2.05, 4.69) is 10.6 Å². The molecule has 0 fully saturated rings. The monoisotopic (exact) mass is 462 g/mol. The molecule has 8 heteroatoms. The number of ketones is 1. The lowest BCUT2D eigenvalue weighted by molar-refractivity contribution is -0.116. The van der Waals surface area contributed by atoms with Gasteiger partial charge in [0, 0.05) is 36.1 Å². The van der Waals surface area contributed by atoms with E-state index < -0.39 is 0 Å². The van der Waals surface area contributed by atoms with E-state index in [1.807, 2.05) is 6.07 Å². The minimum Gasteiger partial charge on any atom is -0.497 e. The lowest BCUT2D eigenvalue weighted by Crippen LogP contribution is -2.15. The minimum absolute atomic E-state index is 0.0111. The molecule has 3 aromatic carbocycles. The van der Waals surface area contributed by atoms with Crippen LogP contribution < -0.4 is 24.8 Å². The van der Waals surface area contributed by atoms with Gasteiger partial charge in [-0.05, 0) is 36.4 Å². The van der Waals surface area contributed by atoms with E-state index in [-0.39, 0.29) is 30.4 Å². The van der Waals surface area contributed by atoms with E-state index in [1.54, 1.807) is 67.8 Å². The summed E-state index contributed by atoms with van der Waals surface area (Å²) in [7, 11) is 4.46. The number of hydrogen-bond donors (Lipinski definition) is 2. The topological polar surface area (TPSA) is 103 Å². The van der Waals surface area contributed by atoms with E-state index >= 15 is 0 Å².